The summed E-state index contributed by atoms with van der Waals surface area (Å²) in [5.74, 6) is -0.343. The number of halogens is 2. The van der Waals surface area contributed by atoms with E-state index >= 15 is 0 Å². The van der Waals surface area contributed by atoms with Crippen LogP contribution in [0, 0.1) is 0 Å². The van der Waals surface area contributed by atoms with Crippen LogP contribution in [0.4, 0.5) is 0 Å². The summed E-state index contributed by atoms with van der Waals surface area (Å²) in [6.07, 6.45) is 0. The van der Waals surface area contributed by atoms with Crippen LogP contribution in [0.25, 0.3) is 11.0 Å². The summed E-state index contributed by atoms with van der Waals surface area (Å²) in [6, 6.07) is 3.41. The number of nitrogens with zero attached hydrogens (tertiary/aromatic N) is 1. The molecule has 1 aromatic heterocycles. The zero-order valence-electron chi connectivity index (χ0n) is 7.67. The number of fused-ring (bicyclic) bond motifs is 1. The van der Waals surface area contributed by atoms with Crippen molar-refractivity contribution < 1.29 is 9.53 Å². The number of carbonyl (C=O) groups is 1. The van der Waals surface area contributed by atoms with Crippen molar-refractivity contribution >= 4 is 44.5 Å². The van der Waals surface area contributed by atoms with Crippen LogP contribution in [-0.4, -0.2) is 23.0 Å². The lowest BCUT2D eigenvalue weighted by Crippen LogP contribution is -2.02. The number of benzene rings is 1. The van der Waals surface area contributed by atoms with Gasteiger partial charge in [-0.1, -0.05) is 11.6 Å². The minimum absolute atomic E-state index is 0.162. The number of ether oxygens (including phenoxy) is 1. The zero-order chi connectivity index (χ0) is 11.0. The molecule has 0 radical (unpaired) electrons. The van der Waals surface area contributed by atoms with Gasteiger partial charge in [-0.3, -0.25) is 0 Å². The topological polar surface area (TPSA) is 55.0 Å². The van der Waals surface area contributed by atoms with E-state index in [1.807, 2.05) is 0 Å². The molecule has 2 rings (SSSR count). The summed E-state index contributed by atoms with van der Waals surface area (Å²) in [5, 5.41) is 0.564. The average molecular weight is 290 g/mol. The van der Waals surface area contributed by atoms with E-state index in [2.05, 4.69) is 30.6 Å². The molecule has 0 bridgehead atoms. The molecule has 1 N–H and O–H groups in total. The molecule has 0 aliphatic heterocycles. The van der Waals surface area contributed by atoms with Crippen molar-refractivity contribution in [3.8, 4) is 0 Å². The molecular formula is C9H6BrClN2O2. The molecule has 2 aromatic rings. The minimum atomic E-state index is -0.505. The number of hydrogen-bond acceptors (Lipinski definition) is 3. The largest absolute Gasteiger partial charge is 0.463 e. The van der Waals surface area contributed by atoms with Crippen molar-refractivity contribution in [2.75, 3.05) is 7.11 Å². The third-order valence-electron chi connectivity index (χ3n) is 1.88. The second kappa shape index (κ2) is 3.83. The molecule has 1 heterocycles. The Labute approximate surface area is 98.7 Å². The van der Waals surface area contributed by atoms with E-state index in [0.717, 1.165) is 4.47 Å². The summed E-state index contributed by atoms with van der Waals surface area (Å²) in [7, 11) is 1.30. The van der Waals surface area contributed by atoms with Gasteiger partial charge >= 0.3 is 5.97 Å². The van der Waals surface area contributed by atoms with E-state index in [0.29, 0.717) is 16.1 Å². The Hall–Kier alpha value is -1.07. The second-order valence-corrected chi connectivity index (χ2v) is 4.15. The maximum atomic E-state index is 11.2. The van der Waals surface area contributed by atoms with Crippen LogP contribution >= 0.6 is 27.5 Å². The van der Waals surface area contributed by atoms with Crippen LogP contribution in [0.3, 0.4) is 0 Å². The van der Waals surface area contributed by atoms with E-state index < -0.39 is 5.97 Å². The number of methoxy groups -OCH3 is 1. The van der Waals surface area contributed by atoms with Crippen molar-refractivity contribution in [1.82, 2.24) is 9.97 Å². The Morgan fingerprint density at radius 1 is 1.60 bits per heavy atom. The number of hydrogen-bond donors (Lipinski definition) is 1. The molecular weight excluding hydrogens is 283 g/mol. The van der Waals surface area contributed by atoms with Gasteiger partial charge in [0, 0.05) is 9.50 Å². The highest BCUT2D eigenvalue weighted by Gasteiger charge is 2.13. The lowest BCUT2D eigenvalue weighted by molar-refractivity contribution is 0.0588. The molecule has 15 heavy (non-hydrogen) atoms. The number of nitrogens with one attached hydrogen (secondary N) is 1. The van der Waals surface area contributed by atoms with E-state index in [-0.39, 0.29) is 5.82 Å². The Balaban J connectivity index is 2.65. The molecule has 4 nitrogen and oxygen atoms in total. The van der Waals surface area contributed by atoms with Gasteiger partial charge in [-0.05, 0) is 28.1 Å². The summed E-state index contributed by atoms with van der Waals surface area (Å²) in [4.78, 5) is 18.1. The number of esters is 1. The third kappa shape index (κ3) is 1.85. The van der Waals surface area contributed by atoms with Crippen LogP contribution in [-0.2, 0) is 4.74 Å². The fraction of sp³-hybridized carbons (Fsp3) is 0.111. The number of rotatable bonds is 1. The van der Waals surface area contributed by atoms with Gasteiger partial charge in [-0.2, -0.15) is 0 Å². The first-order chi connectivity index (χ1) is 7.11. The molecule has 1 aromatic carbocycles. The molecule has 6 heteroatoms. The van der Waals surface area contributed by atoms with Gasteiger partial charge in [0.05, 0.1) is 12.6 Å². The number of imidazole rings is 1. The molecule has 0 fully saturated rings. The van der Waals surface area contributed by atoms with Crippen LogP contribution < -0.4 is 0 Å². The van der Waals surface area contributed by atoms with E-state index in [1.165, 1.54) is 7.11 Å². The summed E-state index contributed by atoms with van der Waals surface area (Å²) >= 11 is 9.17. The molecule has 0 spiro atoms. The quantitative estimate of drug-likeness (QED) is 0.821. The number of aromatic nitrogens is 2. The first kappa shape index (κ1) is 10.4. The highest BCUT2D eigenvalue weighted by atomic mass is 79.9. The van der Waals surface area contributed by atoms with Crippen LogP contribution in [0.15, 0.2) is 16.6 Å². The van der Waals surface area contributed by atoms with E-state index in [1.54, 1.807) is 12.1 Å². The molecule has 0 amide bonds. The molecule has 78 valence electrons. The Morgan fingerprint density at radius 3 is 3.00 bits per heavy atom. The van der Waals surface area contributed by atoms with Crippen molar-refractivity contribution in [2.24, 2.45) is 0 Å². The standard InChI is InChI=1S/C9H6BrClN2O2/c1-15-9(14)8-12-6-3-4(11)2-5(10)7(6)13-8/h2-3H,1H3,(H,12,13). The smallest absolute Gasteiger partial charge is 0.374 e. The second-order valence-electron chi connectivity index (χ2n) is 2.86. The minimum Gasteiger partial charge on any atom is -0.463 e. The third-order valence-corrected chi connectivity index (χ3v) is 2.71. The van der Waals surface area contributed by atoms with Gasteiger partial charge < -0.3 is 9.72 Å². The summed E-state index contributed by atoms with van der Waals surface area (Å²) < 4.78 is 5.29. The van der Waals surface area contributed by atoms with Crippen LogP contribution in [0.5, 0.6) is 0 Å². The van der Waals surface area contributed by atoms with Gasteiger partial charge in [0.25, 0.3) is 0 Å². The summed E-state index contributed by atoms with van der Waals surface area (Å²) in [5.41, 5.74) is 1.34. The number of aromatic amines is 1. The maximum Gasteiger partial charge on any atom is 0.374 e. The average Bonchev–Trinajstić information content (AvgIpc) is 2.60. The van der Waals surface area contributed by atoms with Gasteiger partial charge in [0.15, 0.2) is 0 Å². The van der Waals surface area contributed by atoms with Crippen molar-refractivity contribution in [3.05, 3.63) is 27.5 Å². The fourth-order valence-electron chi connectivity index (χ4n) is 1.24. The van der Waals surface area contributed by atoms with Gasteiger partial charge in [0.1, 0.15) is 5.52 Å². The normalized spacial score (nSPS) is 10.6. The lowest BCUT2D eigenvalue weighted by Gasteiger charge is -1.92. The Bertz CT molecular complexity index is 538. The summed E-state index contributed by atoms with van der Waals surface area (Å²) in [6.45, 7) is 0. The highest BCUT2D eigenvalue weighted by Crippen LogP contribution is 2.26. The first-order valence-corrected chi connectivity index (χ1v) is 5.22. The Morgan fingerprint density at radius 2 is 2.33 bits per heavy atom. The highest BCUT2D eigenvalue weighted by molar-refractivity contribution is 9.10. The van der Waals surface area contributed by atoms with Gasteiger partial charge in [-0.15, -0.1) is 0 Å². The molecule has 0 aliphatic rings. The van der Waals surface area contributed by atoms with Gasteiger partial charge in [-0.25, -0.2) is 9.78 Å². The van der Waals surface area contributed by atoms with Crippen molar-refractivity contribution in [3.63, 3.8) is 0 Å². The predicted molar refractivity (Wildman–Crippen MR) is 60.1 cm³/mol. The predicted octanol–water partition coefficient (Wildman–Crippen LogP) is 2.77. The molecule has 0 saturated carbocycles. The molecule has 0 unspecified atom stereocenters. The van der Waals surface area contributed by atoms with Crippen molar-refractivity contribution in [2.45, 2.75) is 0 Å². The lowest BCUT2D eigenvalue weighted by atomic mass is 10.3. The van der Waals surface area contributed by atoms with Crippen molar-refractivity contribution in [1.29, 1.82) is 0 Å². The number of carbonyl (C=O) groups excluding carboxylic acids is 1. The number of H-pyrrole nitrogens is 1. The van der Waals surface area contributed by atoms with E-state index in [9.17, 15) is 4.79 Å². The van der Waals surface area contributed by atoms with Crippen LogP contribution in [0.2, 0.25) is 5.02 Å². The fourth-order valence-corrected chi connectivity index (χ4v) is 2.13. The maximum absolute atomic E-state index is 11.2. The Kier molecular flexibility index (Phi) is 2.67. The SMILES string of the molecule is COC(=O)c1nc2c(Br)cc(Cl)cc2[nH]1. The first-order valence-electron chi connectivity index (χ1n) is 4.05. The van der Waals surface area contributed by atoms with Crippen LogP contribution in [0.1, 0.15) is 10.6 Å². The monoisotopic (exact) mass is 288 g/mol. The molecule has 0 aliphatic carbocycles. The van der Waals surface area contributed by atoms with Gasteiger partial charge in [0.2, 0.25) is 5.82 Å². The zero-order valence-corrected chi connectivity index (χ0v) is 10.0. The molecule has 0 saturated heterocycles. The van der Waals surface area contributed by atoms with E-state index in [4.69, 9.17) is 11.6 Å². The molecule has 0 atom stereocenters.